The molecule has 1 aromatic carbocycles. The number of aliphatic hydroxyl groups excluding tert-OH is 1. The molecule has 0 unspecified atom stereocenters. The van der Waals surface area contributed by atoms with Crippen LogP contribution in [0.2, 0.25) is 0 Å². The maximum absolute atomic E-state index is 13.4. The SMILES string of the molecule is Cc1cc([C@@H](O)CN2CCN(S(=O)(=O)c3ccc(F)c(F)c3)CC2)c(C)s1. The average molecular weight is 417 g/mol. The zero-order valence-electron chi connectivity index (χ0n) is 15.2. The molecule has 1 aromatic heterocycles. The summed E-state index contributed by atoms with van der Waals surface area (Å²) in [5.74, 6) is -2.26. The van der Waals surface area contributed by atoms with E-state index in [0.29, 0.717) is 25.7 Å². The average Bonchev–Trinajstić information content (AvgIpc) is 2.96. The first-order chi connectivity index (χ1) is 12.7. The van der Waals surface area contributed by atoms with Crippen LogP contribution in [0.15, 0.2) is 29.2 Å². The number of piperazine rings is 1. The van der Waals surface area contributed by atoms with Gasteiger partial charge in [0.25, 0.3) is 0 Å². The van der Waals surface area contributed by atoms with Crippen LogP contribution in [-0.4, -0.2) is 55.5 Å². The monoisotopic (exact) mass is 416 g/mol. The van der Waals surface area contributed by atoms with Crippen molar-refractivity contribution in [2.45, 2.75) is 24.8 Å². The molecule has 0 spiro atoms. The second-order valence-corrected chi connectivity index (χ2v) is 10.1. The molecule has 0 aliphatic carbocycles. The smallest absolute Gasteiger partial charge is 0.243 e. The van der Waals surface area contributed by atoms with Gasteiger partial charge in [-0.1, -0.05) is 0 Å². The molecule has 148 valence electrons. The zero-order chi connectivity index (χ0) is 19.8. The summed E-state index contributed by atoms with van der Waals surface area (Å²) >= 11 is 1.64. The molecule has 5 nitrogen and oxygen atoms in total. The quantitative estimate of drug-likeness (QED) is 0.814. The molecule has 0 radical (unpaired) electrons. The minimum absolute atomic E-state index is 0.232. The van der Waals surface area contributed by atoms with E-state index in [1.54, 1.807) is 11.3 Å². The van der Waals surface area contributed by atoms with Crippen molar-refractivity contribution >= 4 is 21.4 Å². The molecule has 1 fully saturated rings. The number of rotatable bonds is 5. The van der Waals surface area contributed by atoms with E-state index < -0.39 is 27.8 Å². The normalized spacial score (nSPS) is 18.0. The van der Waals surface area contributed by atoms with Gasteiger partial charge in [-0.2, -0.15) is 4.31 Å². The van der Waals surface area contributed by atoms with Crippen LogP contribution < -0.4 is 0 Å². The number of β-amino-alcohol motifs (C(OH)–C–C–N with tert-alkyl or cyclic N) is 1. The molecular weight excluding hydrogens is 394 g/mol. The largest absolute Gasteiger partial charge is 0.387 e. The predicted molar refractivity (Wildman–Crippen MR) is 100 cm³/mol. The van der Waals surface area contributed by atoms with E-state index in [0.717, 1.165) is 27.5 Å². The van der Waals surface area contributed by atoms with Crippen molar-refractivity contribution in [3.8, 4) is 0 Å². The summed E-state index contributed by atoms with van der Waals surface area (Å²) in [6.45, 7) is 5.78. The fourth-order valence-corrected chi connectivity index (χ4v) is 5.68. The molecule has 2 aromatic rings. The lowest BCUT2D eigenvalue weighted by Gasteiger charge is -2.35. The Hall–Kier alpha value is -1.39. The number of nitrogens with zero attached hydrogens (tertiary/aromatic N) is 2. The highest BCUT2D eigenvalue weighted by molar-refractivity contribution is 7.89. The van der Waals surface area contributed by atoms with Gasteiger partial charge in [0.15, 0.2) is 11.6 Å². The lowest BCUT2D eigenvalue weighted by Crippen LogP contribution is -2.49. The molecule has 27 heavy (non-hydrogen) atoms. The van der Waals surface area contributed by atoms with Crippen LogP contribution in [0.3, 0.4) is 0 Å². The van der Waals surface area contributed by atoms with Gasteiger partial charge in [0, 0.05) is 42.5 Å². The maximum atomic E-state index is 13.4. The van der Waals surface area contributed by atoms with Crippen LogP contribution in [0.1, 0.15) is 21.4 Å². The lowest BCUT2D eigenvalue weighted by molar-refractivity contribution is 0.0920. The van der Waals surface area contributed by atoms with E-state index in [9.17, 15) is 22.3 Å². The van der Waals surface area contributed by atoms with E-state index in [2.05, 4.69) is 0 Å². The highest BCUT2D eigenvalue weighted by Gasteiger charge is 2.30. The molecule has 1 aliphatic heterocycles. The number of hydrogen-bond acceptors (Lipinski definition) is 5. The molecule has 0 saturated carbocycles. The first kappa shape index (κ1) is 20.3. The van der Waals surface area contributed by atoms with Crippen molar-refractivity contribution in [1.29, 1.82) is 0 Å². The van der Waals surface area contributed by atoms with Gasteiger partial charge >= 0.3 is 0 Å². The molecule has 0 amide bonds. The highest BCUT2D eigenvalue weighted by Crippen LogP contribution is 2.27. The van der Waals surface area contributed by atoms with Crippen molar-refractivity contribution in [2.75, 3.05) is 32.7 Å². The van der Waals surface area contributed by atoms with Crippen molar-refractivity contribution in [3.63, 3.8) is 0 Å². The molecule has 1 N–H and O–H groups in total. The molecule has 9 heteroatoms. The van der Waals surface area contributed by atoms with Gasteiger partial charge in [-0.3, -0.25) is 4.90 Å². The molecule has 2 heterocycles. The second kappa shape index (κ2) is 7.92. The Labute approximate surface area is 161 Å². The zero-order valence-corrected chi connectivity index (χ0v) is 16.8. The Morgan fingerprint density at radius 2 is 1.78 bits per heavy atom. The third-order valence-corrected chi connectivity index (χ3v) is 7.61. The van der Waals surface area contributed by atoms with Crippen LogP contribution in [0, 0.1) is 25.5 Å². The predicted octanol–water partition coefficient (Wildman–Crippen LogP) is 2.68. The van der Waals surface area contributed by atoms with Gasteiger partial charge in [0.2, 0.25) is 10.0 Å². The molecular formula is C18H22F2N2O3S2. The van der Waals surface area contributed by atoms with Gasteiger partial charge in [-0.05, 0) is 43.7 Å². The van der Waals surface area contributed by atoms with Crippen molar-refractivity contribution < 1.29 is 22.3 Å². The topological polar surface area (TPSA) is 60.9 Å². The first-order valence-electron chi connectivity index (χ1n) is 8.61. The summed E-state index contributed by atoms with van der Waals surface area (Å²) in [5.41, 5.74) is 0.911. The van der Waals surface area contributed by atoms with Crippen LogP contribution in [0.5, 0.6) is 0 Å². The Balaban J connectivity index is 1.62. The third kappa shape index (κ3) is 4.38. The molecule has 1 atom stereocenters. The van der Waals surface area contributed by atoms with Crippen LogP contribution >= 0.6 is 11.3 Å². The number of sulfonamides is 1. The van der Waals surface area contributed by atoms with E-state index in [-0.39, 0.29) is 18.0 Å². The highest BCUT2D eigenvalue weighted by atomic mass is 32.2. The number of aliphatic hydroxyl groups is 1. The summed E-state index contributed by atoms with van der Waals surface area (Å²) in [6, 6.07) is 4.59. The van der Waals surface area contributed by atoms with Crippen LogP contribution in [0.25, 0.3) is 0 Å². The van der Waals surface area contributed by atoms with Gasteiger partial charge in [0.1, 0.15) is 0 Å². The summed E-state index contributed by atoms with van der Waals surface area (Å²) in [7, 11) is -3.87. The Morgan fingerprint density at radius 3 is 2.33 bits per heavy atom. The van der Waals surface area contributed by atoms with Crippen LogP contribution in [0.4, 0.5) is 8.78 Å². The van der Waals surface area contributed by atoms with Crippen LogP contribution in [-0.2, 0) is 10.0 Å². The fourth-order valence-electron chi connectivity index (χ4n) is 3.26. The van der Waals surface area contributed by atoms with Crippen molar-refractivity contribution in [2.24, 2.45) is 0 Å². The van der Waals surface area contributed by atoms with Gasteiger partial charge < -0.3 is 5.11 Å². The van der Waals surface area contributed by atoms with Crippen molar-refractivity contribution in [3.05, 3.63) is 51.2 Å². The molecule has 1 aliphatic rings. The van der Waals surface area contributed by atoms with Crippen molar-refractivity contribution in [1.82, 2.24) is 9.21 Å². The summed E-state index contributed by atoms with van der Waals surface area (Å²) in [4.78, 5) is 3.98. The van der Waals surface area contributed by atoms with E-state index in [1.807, 2.05) is 24.8 Å². The Morgan fingerprint density at radius 1 is 1.11 bits per heavy atom. The second-order valence-electron chi connectivity index (χ2n) is 6.66. The maximum Gasteiger partial charge on any atom is 0.243 e. The third-order valence-electron chi connectivity index (χ3n) is 4.73. The number of benzene rings is 1. The number of hydrogen-bond donors (Lipinski definition) is 1. The number of halogens is 2. The Bertz CT molecular complexity index is 923. The summed E-state index contributed by atoms with van der Waals surface area (Å²) < 4.78 is 52.9. The fraction of sp³-hybridized carbons (Fsp3) is 0.444. The lowest BCUT2D eigenvalue weighted by atomic mass is 10.1. The van der Waals surface area contributed by atoms with Gasteiger partial charge in [-0.15, -0.1) is 11.3 Å². The van der Waals surface area contributed by atoms with E-state index in [1.165, 1.54) is 4.31 Å². The summed E-state index contributed by atoms with van der Waals surface area (Å²) in [5, 5.41) is 10.5. The Kier molecular flexibility index (Phi) is 5.97. The van der Waals surface area contributed by atoms with E-state index >= 15 is 0 Å². The van der Waals surface area contributed by atoms with Gasteiger partial charge in [0.05, 0.1) is 11.0 Å². The molecule has 1 saturated heterocycles. The van der Waals surface area contributed by atoms with Gasteiger partial charge in [-0.25, -0.2) is 17.2 Å². The standard InChI is InChI=1S/C18H22F2N2O3S2/c1-12-9-15(13(2)26-12)18(23)11-21-5-7-22(8-6-21)27(24,25)14-3-4-16(19)17(20)10-14/h3-4,9-10,18,23H,5-8,11H2,1-2H3/t18-/m0/s1. The molecule has 3 rings (SSSR count). The first-order valence-corrected chi connectivity index (χ1v) is 10.9. The van der Waals surface area contributed by atoms with E-state index in [4.69, 9.17) is 0 Å². The number of thiophene rings is 1. The minimum Gasteiger partial charge on any atom is -0.387 e. The number of aryl methyl sites for hydroxylation is 2. The minimum atomic E-state index is -3.87. The molecule has 0 bridgehead atoms. The summed E-state index contributed by atoms with van der Waals surface area (Å²) in [6.07, 6.45) is -0.621.